The van der Waals surface area contributed by atoms with Crippen LogP contribution < -0.4 is 9.47 Å². The zero-order valence-corrected chi connectivity index (χ0v) is 25.8. The van der Waals surface area contributed by atoms with Crippen molar-refractivity contribution in [1.29, 1.82) is 0 Å². The van der Waals surface area contributed by atoms with Gasteiger partial charge >= 0.3 is 5.97 Å². The van der Waals surface area contributed by atoms with Crippen molar-refractivity contribution in [1.82, 2.24) is 4.90 Å². The van der Waals surface area contributed by atoms with Crippen LogP contribution in [0.5, 0.6) is 11.5 Å². The van der Waals surface area contributed by atoms with E-state index in [1.54, 1.807) is 12.0 Å². The summed E-state index contributed by atoms with van der Waals surface area (Å²) < 4.78 is 12.8. The Morgan fingerprint density at radius 1 is 0.902 bits per heavy atom. The van der Waals surface area contributed by atoms with Crippen LogP contribution in [0, 0.1) is 10.8 Å². The summed E-state index contributed by atoms with van der Waals surface area (Å²) in [5, 5.41) is 9.88. The third-order valence-corrected chi connectivity index (χ3v) is 8.67. The van der Waals surface area contributed by atoms with Crippen LogP contribution in [-0.4, -0.2) is 41.2 Å². The van der Waals surface area contributed by atoms with E-state index < -0.39 is 11.9 Å². The number of halogens is 1. The van der Waals surface area contributed by atoms with Gasteiger partial charge in [0.2, 0.25) is 0 Å². The zero-order valence-electron chi connectivity index (χ0n) is 24.2. The Kier molecular flexibility index (Phi) is 7.66. The molecule has 41 heavy (non-hydrogen) atoms. The third-order valence-electron chi connectivity index (χ3n) is 8.14. The lowest BCUT2D eigenvalue weighted by Gasteiger charge is -2.48. The van der Waals surface area contributed by atoms with E-state index in [-0.39, 0.29) is 28.9 Å². The first-order valence-corrected chi connectivity index (χ1v) is 14.6. The van der Waals surface area contributed by atoms with Crippen LogP contribution in [0.4, 0.5) is 0 Å². The fourth-order valence-corrected chi connectivity index (χ4v) is 6.70. The molecule has 1 aliphatic heterocycles. The lowest BCUT2D eigenvalue weighted by atomic mass is 9.63. The molecule has 0 bridgehead atoms. The molecule has 0 atom stereocenters. The molecule has 0 saturated carbocycles. The van der Waals surface area contributed by atoms with Gasteiger partial charge in [-0.2, -0.15) is 0 Å². The molecule has 2 aliphatic carbocycles. The van der Waals surface area contributed by atoms with E-state index in [1.165, 1.54) is 0 Å². The van der Waals surface area contributed by atoms with E-state index in [4.69, 9.17) is 9.47 Å². The molecular weight excluding hydrogens is 586 g/mol. The lowest BCUT2D eigenvalue weighted by Crippen LogP contribution is -2.45. The van der Waals surface area contributed by atoms with E-state index in [0.29, 0.717) is 54.9 Å². The van der Waals surface area contributed by atoms with Gasteiger partial charge in [0.25, 0.3) is 0 Å². The molecule has 7 nitrogen and oxygen atoms in total. The largest absolute Gasteiger partial charge is 0.493 e. The van der Waals surface area contributed by atoms with Gasteiger partial charge in [-0.25, -0.2) is 0 Å². The molecule has 1 N–H and O–H groups in total. The average molecular weight is 623 g/mol. The number of carboxylic acid groups (broad SMARTS) is 1. The van der Waals surface area contributed by atoms with E-state index in [1.807, 2.05) is 70.2 Å². The Hall–Kier alpha value is -3.39. The maximum atomic E-state index is 13.8. The number of allylic oxidation sites excluding steroid dienone is 4. The number of hydrogen-bond acceptors (Lipinski definition) is 6. The Balaban J connectivity index is 1.62. The molecule has 0 amide bonds. The Bertz CT molecular complexity index is 1430. The number of aliphatic carboxylic acids is 1. The highest BCUT2D eigenvalue weighted by atomic mass is 79.9. The maximum absolute atomic E-state index is 13.8. The summed E-state index contributed by atoms with van der Waals surface area (Å²) in [6.45, 7) is 8.18. The second kappa shape index (κ2) is 10.8. The van der Waals surface area contributed by atoms with Crippen molar-refractivity contribution < 1.29 is 29.0 Å². The van der Waals surface area contributed by atoms with Crippen molar-refractivity contribution in [3.05, 3.63) is 80.6 Å². The molecule has 0 saturated heterocycles. The first kappa shape index (κ1) is 29.1. The van der Waals surface area contributed by atoms with Crippen molar-refractivity contribution in [2.45, 2.75) is 65.9 Å². The summed E-state index contributed by atoms with van der Waals surface area (Å²) >= 11 is 3.45. The highest BCUT2D eigenvalue weighted by Gasteiger charge is 2.49. The van der Waals surface area contributed by atoms with E-state index in [0.717, 1.165) is 27.0 Å². The van der Waals surface area contributed by atoms with Crippen LogP contribution in [-0.2, 0) is 21.0 Å². The summed E-state index contributed by atoms with van der Waals surface area (Å²) in [5.41, 5.74) is 3.60. The minimum Gasteiger partial charge on any atom is -0.493 e. The molecule has 2 aromatic carbocycles. The standard InChI is InChI=1S/C33H36BrNO6/c1-32(2)13-22-30(24(36)15-32)29(31-23(35(22)17-28(38)39)14-33(3,4)16-25(31)37)20-8-11-26(27(12-20)40-5)41-18-19-6-9-21(34)10-7-19/h6-12,29H,13-18H2,1-5H3,(H,38,39). The van der Waals surface area contributed by atoms with Gasteiger partial charge in [-0.3, -0.25) is 14.4 Å². The van der Waals surface area contributed by atoms with E-state index in [2.05, 4.69) is 15.9 Å². The molecule has 0 aromatic heterocycles. The second-order valence-corrected chi connectivity index (χ2v) is 13.8. The fraction of sp³-hybridized carbons (Fsp3) is 0.424. The second-order valence-electron chi connectivity index (χ2n) is 12.8. The number of carboxylic acids is 1. The first-order valence-electron chi connectivity index (χ1n) is 13.9. The molecule has 0 radical (unpaired) electrons. The molecule has 2 aromatic rings. The van der Waals surface area contributed by atoms with Crippen LogP contribution in [0.3, 0.4) is 0 Å². The van der Waals surface area contributed by atoms with E-state index in [9.17, 15) is 19.5 Å². The predicted molar refractivity (Wildman–Crippen MR) is 159 cm³/mol. The number of ketones is 2. The summed E-state index contributed by atoms with van der Waals surface area (Å²) in [5.74, 6) is -0.623. The molecule has 0 spiro atoms. The van der Waals surface area contributed by atoms with Crippen molar-refractivity contribution in [3.63, 3.8) is 0 Å². The average Bonchev–Trinajstić information content (AvgIpc) is 2.87. The summed E-state index contributed by atoms with van der Waals surface area (Å²) in [7, 11) is 1.57. The number of carbonyl (C=O) groups is 3. The van der Waals surface area contributed by atoms with Crippen molar-refractivity contribution in [2.75, 3.05) is 13.7 Å². The topological polar surface area (TPSA) is 93.1 Å². The van der Waals surface area contributed by atoms with Crippen LogP contribution >= 0.6 is 15.9 Å². The van der Waals surface area contributed by atoms with Crippen LogP contribution in [0.2, 0.25) is 0 Å². The van der Waals surface area contributed by atoms with Gasteiger partial charge in [-0.1, -0.05) is 61.8 Å². The highest BCUT2D eigenvalue weighted by Crippen LogP contribution is 2.54. The normalized spacial score (nSPS) is 20.1. The monoisotopic (exact) mass is 621 g/mol. The van der Waals surface area contributed by atoms with Gasteiger partial charge in [0.05, 0.1) is 7.11 Å². The minimum absolute atomic E-state index is 0.0460. The van der Waals surface area contributed by atoms with Gasteiger partial charge < -0.3 is 19.5 Å². The first-order chi connectivity index (χ1) is 19.3. The van der Waals surface area contributed by atoms with Crippen molar-refractivity contribution >= 4 is 33.5 Å². The predicted octanol–water partition coefficient (Wildman–Crippen LogP) is 6.81. The highest BCUT2D eigenvalue weighted by molar-refractivity contribution is 9.10. The van der Waals surface area contributed by atoms with Gasteiger partial charge in [0, 0.05) is 45.8 Å². The SMILES string of the molecule is COc1cc(C2C3=C(CC(C)(C)CC3=O)N(CC(=O)O)C3=C2C(=O)CC(C)(C)C3)ccc1OCc1ccc(Br)cc1. The number of carbonyl (C=O) groups excluding carboxylic acids is 2. The van der Waals surface area contributed by atoms with Crippen LogP contribution in [0.1, 0.15) is 70.4 Å². The van der Waals surface area contributed by atoms with Crippen LogP contribution in [0.25, 0.3) is 0 Å². The molecule has 3 aliphatic rings. The maximum Gasteiger partial charge on any atom is 0.323 e. The number of Topliss-reactive ketones (excluding diaryl/α,β-unsaturated/α-hetero) is 2. The Labute approximate surface area is 249 Å². The molecule has 8 heteroatoms. The quantitative estimate of drug-likeness (QED) is 0.363. The van der Waals surface area contributed by atoms with Crippen molar-refractivity contribution in [2.24, 2.45) is 10.8 Å². The number of hydrogen-bond donors (Lipinski definition) is 1. The molecule has 216 valence electrons. The summed E-state index contributed by atoms with van der Waals surface area (Å²) in [6, 6.07) is 13.4. The zero-order chi connectivity index (χ0) is 29.7. The molecule has 0 fully saturated rings. The number of benzene rings is 2. The fourth-order valence-electron chi connectivity index (χ4n) is 6.43. The van der Waals surface area contributed by atoms with Gasteiger partial charge in [0.1, 0.15) is 13.2 Å². The Morgan fingerprint density at radius 2 is 1.46 bits per heavy atom. The Morgan fingerprint density at radius 3 is 1.98 bits per heavy atom. The summed E-state index contributed by atoms with van der Waals surface area (Å²) in [4.78, 5) is 41.5. The summed E-state index contributed by atoms with van der Waals surface area (Å²) in [6.07, 6.45) is 1.76. The number of rotatable bonds is 7. The minimum atomic E-state index is -0.997. The van der Waals surface area contributed by atoms with Gasteiger partial charge in [-0.05, 0) is 59.1 Å². The third kappa shape index (κ3) is 5.85. The van der Waals surface area contributed by atoms with Crippen molar-refractivity contribution in [3.8, 4) is 11.5 Å². The molecule has 1 heterocycles. The molecular formula is C33H36BrNO6. The van der Waals surface area contributed by atoms with Crippen LogP contribution in [0.15, 0.2) is 69.5 Å². The number of methoxy groups -OCH3 is 1. The molecule has 5 rings (SSSR count). The number of nitrogens with zero attached hydrogens (tertiary/aromatic N) is 1. The lowest BCUT2D eigenvalue weighted by molar-refractivity contribution is -0.138. The number of ether oxygens (including phenoxy) is 2. The van der Waals surface area contributed by atoms with Gasteiger partial charge in [-0.15, -0.1) is 0 Å². The smallest absolute Gasteiger partial charge is 0.323 e. The van der Waals surface area contributed by atoms with E-state index >= 15 is 0 Å². The molecule has 0 unspecified atom stereocenters. The van der Waals surface area contributed by atoms with Gasteiger partial charge in [0.15, 0.2) is 23.1 Å².